The van der Waals surface area contributed by atoms with Crippen molar-refractivity contribution in [3.63, 3.8) is 0 Å². The number of carbonyl (C=O) groups excluding carboxylic acids is 1. The topological polar surface area (TPSA) is 79.6 Å². The number of rotatable bonds is 5. The van der Waals surface area contributed by atoms with E-state index in [0.717, 1.165) is 44.1 Å². The summed E-state index contributed by atoms with van der Waals surface area (Å²) in [5.41, 5.74) is 2.26. The van der Waals surface area contributed by atoms with E-state index in [0.29, 0.717) is 42.8 Å². The number of fused-ring (bicyclic) bond motifs is 5. The normalized spacial score (nSPS) is 42.3. The van der Waals surface area contributed by atoms with Gasteiger partial charge in [-0.3, -0.25) is 4.79 Å². The highest BCUT2D eigenvalue weighted by Crippen LogP contribution is 2.68. The van der Waals surface area contributed by atoms with Gasteiger partial charge < -0.3 is 14.6 Å². The predicted octanol–water partition coefficient (Wildman–Crippen LogP) is 5.70. The average molecular weight is 478 g/mol. The van der Waals surface area contributed by atoms with Crippen molar-refractivity contribution in [2.45, 2.75) is 90.1 Å². The summed E-state index contributed by atoms with van der Waals surface area (Å²) in [5.74, 6) is 0.660. The molecule has 3 fully saturated rings. The van der Waals surface area contributed by atoms with Crippen LogP contribution in [0, 0.1) is 39.9 Å². The zero-order valence-electron chi connectivity index (χ0n) is 21.6. The van der Waals surface area contributed by atoms with Crippen LogP contribution in [-0.4, -0.2) is 29.4 Å². The summed E-state index contributed by atoms with van der Waals surface area (Å²) in [5, 5.41) is 20.4. The second-order valence-corrected chi connectivity index (χ2v) is 12.1. The molecule has 1 aromatic carbocycles. The van der Waals surface area contributed by atoms with Crippen LogP contribution >= 0.6 is 0 Å². The van der Waals surface area contributed by atoms with E-state index >= 15 is 0 Å². The van der Waals surface area contributed by atoms with Gasteiger partial charge in [-0.25, -0.2) is 0 Å². The Balaban J connectivity index is 1.33. The minimum absolute atomic E-state index is 0.0722. The summed E-state index contributed by atoms with van der Waals surface area (Å²) < 4.78 is 12.1. The molecule has 0 saturated heterocycles. The molecule has 0 radical (unpaired) electrons. The minimum atomic E-state index is -1.15. The molecule has 0 spiro atoms. The van der Waals surface area contributed by atoms with Crippen LogP contribution in [0.15, 0.2) is 35.9 Å². The molecule has 0 bridgehead atoms. The zero-order chi connectivity index (χ0) is 25.1. The smallest absolute Gasteiger partial charge is 0.169 e. The van der Waals surface area contributed by atoms with Crippen molar-refractivity contribution >= 4 is 5.78 Å². The van der Waals surface area contributed by atoms with Gasteiger partial charge in [0, 0.05) is 25.4 Å². The van der Waals surface area contributed by atoms with Gasteiger partial charge >= 0.3 is 0 Å². The fraction of sp³-hybridized carbons (Fsp3) is 0.667. The lowest BCUT2D eigenvalue weighted by atomic mass is 9.46. The van der Waals surface area contributed by atoms with Crippen LogP contribution in [0.1, 0.15) is 83.3 Å². The molecular formula is C30H39NO4. The van der Waals surface area contributed by atoms with Gasteiger partial charge in [0.2, 0.25) is 0 Å². The Hall–Kier alpha value is -2.00. The molecule has 1 N–H and O–H groups in total. The Morgan fingerprint density at radius 3 is 2.49 bits per heavy atom. The molecule has 5 nitrogen and oxygen atoms in total. The number of ether oxygens (including phenoxy) is 2. The van der Waals surface area contributed by atoms with E-state index in [1.54, 1.807) is 26.2 Å². The zero-order valence-corrected chi connectivity index (χ0v) is 21.6. The van der Waals surface area contributed by atoms with Gasteiger partial charge in [0.1, 0.15) is 5.60 Å². The summed E-state index contributed by atoms with van der Waals surface area (Å²) >= 11 is 0. The molecule has 0 amide bonds. The molecule has 5 rings (SSSR count). The van der Waals surface area contributed by atoms with Gasteiger partial charge in [0.15, 0.2) is 11.6 Å². The molecule has 0 aromatic heterocycles. The average Bonchev–Trinajstić information content (AvgIpc) is 3.17. The Bertz CT molecular complexity index is 1070. The second kappa shape index (κ2) is 8.54. The Morgan fingerprint density at radius 2 is 1.83 bits per heavy atom. The lowest BCUT2D eigenvalue weighted by molar-refractivity contribution is -0.232. The Kier molecular flexibility index (Phi) is 6.02. The molecule has 4 aliphatic rings. The van der Waals surface area contributed by atoms with E-state index in [2.05, 4.69) is 26.0 Å². The summed E-state index contributed by atoms with van der Waals surface area (Å²) in [6.07, 6.45) is 9.51. The highest BCUT2D eigenvalue weighted by molar-refractivity contribution is 5.86. The van der Waals surface area contributed by atoms with Crippen LogP contribution in [-0.2, 0) is 20.9 Å². The molecule has 4 aliphatic carbocycles. The first-order valence-corrected chi connectivity index (χ1v) is 13.2. The van der Waals surface area contributed by atoms with Crippen molar-refractivity contribution in [1.82, 2.24) is 0 Å². The summed E-state index contributed by atoms with van der Waals surface area (Å²) in [7, 11) is 1.72. The van der Waals surface area contributed by atoms with Gasteiger partial charge in [-0.2, -0.15) is 5.26 Å². The SMILES string of the molecule is COC1(C(C)=O)CCC2C3CC=C4CC(O)(OCc5ccc(C#N)cc5)CCC4(C)C3CCC21C. The molecule has 35 heavy (non-hydrogen) atoms. The third-order valence-corrected chi connectivity index (χ3v) is 10.8. The molecule has 5 heteroatoms. The maximum absolute atomic E-state index is 12.8. The summed E-state index contributed by atoms with van der Waals surface area (Å²) in [4.78, 5) is 12.8. The molecule has 0 heterocycles. The van der Waals surface area contributed by atoms with Crippen molar-refractivity contribution in [1.29, 1.82) is 5.26 Å². The fourth-order valence-corrected chi connectivity index (χ4v) is 8.69. The number of methoxy groups -OCH3 is 1. The van der Waals surface area contributed by atoms with Crippen LogP contribution in [0.3, 0.4) is 0 Å². The maximum atomic E-state index is 12.8. The number of benzene rings is 1. The molecule has 0 aliphatic heterocycles. The molecular weight excluding hydrogens is 438 g/mol. The van der Waals surface area contributed by atoms with E-state index in [1.807, 2.05) is 12.1 Å². The number of aliphatic hydroxyl groups is 1. The van der Waals surface area contributed by atoms with Gasteiger partial charge in [0.05, 0.1) is 18.2 Å². The lowest BCUT2D eigenvalue weighted by Gasteiger charge is -2.59. The van der Waals surface area contributed by atoms with Crippen LogP contribution < -0.4 is 0 Å². The third-order valence-electron chi connectivity index (χ3n) is 10.8. The van der Waals surface area contributed by atoms with E-state index in [1.165, 1.54) is 5.57 Å². The van der Waals surface area contributed by atoms with Crippen molar-refractivity contribution in [2.75, 3.05) is 7.11 Å². The fourth-order valence-electron chi connectivity index (χ4n) is 8.69. The van der Waals surface area contributed by atoms with Crippen molar-refractivity contribution in [3.05, 3.63) is 47.0 Å². The number of carbonyl (C=O) groups is 1. The van der Waals surface area contributed by atoms with Crippen LogP contribution in [0.5, 0.6) is 0 Å². The van der Waals surface area contributed by atoms with Crippen LogP contribution in [0.25, 0.3) is 0 Å². The number of Topliss-reactive ketones (excluding diaryl/α,β-unsaturated/α-hetero) is 1. The first-order valence-electron chi connectivity index (χ1n) is 13.2. The van der Waals surface area contributed by atoms with Crippen LogP contribution in [0.4, 0.5) is 0 Å². The number of hydrogen-bond acceptors (Lipinski definition) is 5. The van der Waals surface area contributed by atoms with Crippen LogP contribution in [0.2, 0.25) is 0 Å². The maximum Gasteiger partial charge on any atom is 0.169 e. The van der Waals surface area contributed by atoms with E-state index in [4.69, 9.17) is 14.7 Å². The molecule has 1 aromatic rings. The number of allylic oxidation sites excluding steroid dienone is 1. The highest BCUT2D eigenvalue weighted by Gasteiger charge is 2.66. The molecule has 7 unspecified atom stereocenters. The van der Waals surface area contributed by atoms with Crippen molar-refractivity contribution in [2.24, 2.45) is 28.6 Å². The van der Waals surface area contributed by atoms with Crippen molar-refractivity contribution < 1.29 is 19.4 Å². The van der Waals surface area contributed by atoms with Gasteiger partial charge in [0.25, 0.3) is 0 Å². The molecule has 3 saturated carbocycles. The first kappa shape index (κ1) is 24.7. The number of nitrogens with zero attached hydrogens (tertiary/aromatic N) is 1. The van der Waals surface area contributed by atoms with Gasteiger partial charge in [-0.05, 0) is 86.3 Å². The number of nitriles is 1. The van der Waals surface area contributed by atoms with Gasteiger partial charge in [-0.1, -0.05) is 37.6 Å². The monoisotopic (exact) mass is 477 g/mol. The first-order chi connectivity index (χ1) is 16.6. The minimum Gasteiger partial charge on any atom is -0.370 e. The predicted molar refractivity (Wildman–Crippen MR) is 133 cm³/mol. The molecule has 188 valence electrons. The quantitative estimate of drug-likeness (QED) is 0.435. The second-order valence-electron chi connectivity index (χ2n) is 12.1. The summed E-state index contributed by atoms with van der Waals surface area (Å²) in [6.45, 7) is 6.76. The largest absolute Gasteiger partial charge is 0.370 e. The molecule has 7 atom stereocenters. The third kappa shape index (κ3) is 3.64. The standard InChI is InChI=1S/C30H39NO4/c1-20(32)30(34-4)14-12-26-24-10-9-23-17-29(33,35-19-22-7-5-21(18-31)6-8-22)16-15-27(23,2)25(24)11-13-28(26,30)3/h5-9,24-26,33H,10-17,19H2,1-4H3. The van der Waals surface area contributed by atoms with Crippen molar-refractivity contribution in [3.8, 4) is 6.07 Å². The van der Waals surface area contributed by atoms with E-state index < -0.39 is 11.4 Å². The van der Waals surface area contributed by atoms with E-state index in [9.17, 15) is 9.90 Å². The van der Waals surface area contributed by atoms with E-state index in [-0.39, 0.29) is 16.6 Å². The number of ketones is 1. The Morgan fingerprint density at radius 1 is 1.11 bits per heavy atom. The highest BCUT2D eigenvalue weighted by atomic mass is 16.6. The number of hydrogen-bond donors (Lipinski definition) is 1. The Labute approximate surface area is 209 Å². The van der Waals surface area contributed by atoms with Gasteiger partial charge in [-0.15, -0.1) is 0 Å². The lowest BCUT2D eigenvalue weighted by Crippen LogP contribution is -2.58. The summed E-state index contributed by atoms with van der Waals surface area (Å²) in [6, 6.07) is 9.49.